The Kier molecular flexibility index (Phi) is 5.39. The summed E-state index contributed by atoms with van der Waals surface area (Å²) < 4.78 is 6.20. The van der Waals surface area contributed by atoms with Gasteiger partial charge >= 0.3 is 0 Å². The molecule has 1 atom stereocenters. The van der Waals surface area contributed by atoms with Crippen LogP contribution in [0.1, 0.15) is 17.3 Å². The topological polar surface area (TPSA) is 61.8 Å². The van der Waals surface area contributed by atoms with Gasteiger partial charge < -0.3 is 15.2 Å². The molecule has 0 aliphatic carbocycles. The molecule has 2 N–H and O–H groups in total. The molecule has 1 unspecified atom stereocenters. The van der Waals surface area contributed by atoms with Crippen LogP contribution in [-0.4, -0.2) is 54.8 Å². The average Bonchev–Trinajstić information content (AvgIpc) is 2.47. The maximum absolute atomic E-state index is 12.0. The van der Waals surface area contributed by atoms with Crippen molar-refractivity contribution in [1.29, 1.82) is 0 Å². The van der Waals surface area contributed by atoms with Gasteiger partial charge in [-0.1, -0.05) is 6.92 Å². The Hall–Kier alpha value is -1.11. The van der Waals surface area contributed by atoms with Gasteiger partial charge in [0, 0.05) is 25.2 Å². The summed E-state index contributed by atoms with van der Waals surface area (Å²) in [7, 11) is 0. The van der Waals surface area contributed by atoms with E-state index in [-0.39, 0.29) is 17.8 Å². The molecule has 6 heteroatoms. The summed E-state index contributed by atoms with van der Waals surface area (Å²) in [5.41, 5.74) is 0.439. The SMILES string of the molecule is CCN1CCOC(CNC(=O)c2ccc(Br)c(O)c2)C1. The van der Waals surface area contributed by atoms with Gasteiger partial charge in [0.05, 0.1) is 17.2 Å². The summed E-state index contributed by atoms with van der Waals surface area (Å²) in [6.07, 6.45) is 0.0247. The maximum Gasteiger partial charge on any atom is 0.251 e. The van der Waals surface area contributed by atoms with Crippen molar-refractivity contribution in [3.8, 4) is 5.75 Å². The minimum absolute atomic E-state index is 0.0247. The van der Waals surface area contributed by atoms with Crippen molar-refractivity contribution in [2.45, 2.75) is 13.0 Å². The summed E-state index contributed by atoms with van der Waals surface area (Å²) in [6, 6.07) is 4.76. The Morgan fingerprint density at radius 3 is 3.10 bits per heavy atom. The number of halogens is 1. The van der Waals surface area contributed by atoms with Crippen LogP contribution in [0.5, 0.6) is 5.75 Å². The molecular formula is C14H19BrN2O3. The van der Waals surface area contributed by atoms with Gasteiger partial charge in [-0.2, -0.15) is 0 Å². The molecule has 1 aromatic rings. The quantitative estimate of drug-likeness (QED) is 0.872. The van der Waals surface area contributed by atoms with Crippen LogP contribution in [0.3, 0.4) is 0 Å². The second kappa shape index (κ2) is 7.06. The average molecular weight is 343 g/mol. The Bertz CT molecular complexity index is 481. The fraction of sp³-hybridized carbons (Fsp3) is 0.500. The van der Waals surface area contributed by atoms with Gasteiger partial charge in [0.25, 0.3) is 5.91 Å². The first kappa shape index (κ1) is 15.3. The second-order valence-corrected chi connectivity index (χ2v) is 5.62. The van der Waals surface area contributed by atoms with Gasteiger partial charge in [-0.3, -0.25) is 9.69 Å². The molecule has 0 radical (unpaired) electrons. The molecule has 1 aliphatic rings. The molecule has 0 saturated carbocycles. The van der Waals surface area contributed by atoms with E-state index in [9.17, 15) is 9.90 Å². The van der Waals surface area contributed by atoms with E-state index in [2.05, 4.69) is 33.1 Å². The highest BCUT2D eigenvalue weighted by molar-refractivity contribution is 9.10. The highest BCUT2D eigenvalue weighted by Gasteiger charge is 2.20. The van der Waals surface area contributed by atoms with Crippen LogP contribution >= 0.6 is 15.9 Å². The predicted molar refractivity (Wildman–Crippen MR) is 80.0 cm³/mol. The van der Waals surface area contributed by atoms with Crippen molar-refractivity contribution in [3.63, 3.8) is 0 Å². The lowest BCUT2D eigenvalue weighted by Crippen LogP contribution is -2.47. The highest BCUT2D eigenvalue weighted by Crippen LogP contribution is 2.24. The van der Waals surface area contributed by atoms with Crippen LogP contribution in [0.15, 0.2) is 22.7 Å². The van der Waals surface area contributed by atoms with Crippen LogP contribution in [0, 0.1) is 0 Å². The Balaban J connectivity index is 1.87. The van der Waals surface area contributed by atoms with Crippen molar-refractivity contribution in [2.75, 3.05) is 32.8 Å². The van der Waals surface area contributed by atoms with Gasteiger partial charge in [-0.25, -0.2) is 0 Å². The molecule has 1 amide bonds. The molecule has 110 valence electrons. The van der Waals surface area contributed by atoms with Gasteiger partial charge in [0.2, 0.25) is 0 Å². The Morgan fingerprint density at radius 1 is 1.60 bits per heavy atom. The summed E-state index contributed by atoms with van der Waals surface area (Å²) in [6.45, 7) is 6.07. The lowest BCUT2D eigenvalue weighted by molar-refractivity contribution is -0.0246. The van der Waals surface area contributed by atoms with Gasteiger partial charge in [0.15, 0.2) is 0 Å². The number of phenols is 1. The molecule has 1 fully saturated rings. The fourth-order valence-electron chi connectivity index (χ4n) is 2.15. The number of hydrogen-bond acceptors (Lipinski definition) is 4. The van der Waals surface area contributed by atoms with Gasteiger partial charge in [-0.05, 0) is 40.7 Å². The molecule has 1 heterocycles. The van der Waals surface area contributed by atoms with Crippen LogP contribution in [0.4, 0.5) is 0 Å². The van der Waals surface area contributed by atoms with Crippen LogP contribution in [0.25, 0.3) is 0 Å². The largest absolute Gasteiger partial charge is 0.507 e. The molecule has 1 saturated heterocycles. The number of rotatable bonds is 4. The fourth-order valence-corrected chi connectivity index (χ4v) is 2.40. The number of morpholine rings is 1. The number of phenolic OH excluding ortho intramolecular Hbond substituents is 1. The predicted octanol–water partition coefficient (Wildman–Crippen LogP) is 1.61. The molecule has 0 aromatic heterocycles. The van der Waals surface area contributed by atoms with Crippen molar-refractivity contribution in [3.05, 3.63) is 28.2 Å². The van der Waals surface area contributed by atoms with E-state index in [1.54, 1.807) is 12.1 Å². The van der Waals surface area contributed by atoms with Crippen molar-refractivity contribution in [2.24, 2.45) is 0 Å². The first-order chi connectivity index (χ1) is 9.60. The van der Waals surface area contributed by atoms with E-state index in [1.165, 1.54) is 6.07 Å². The lowest BCUT2D eigenvalue weighted by atomic mass is 10.2. The Labute approximate surface area is 127 Å². The molecule has 20 heavy (non-hydrogen) atoms. The third kappa shape index (κ3) is 3.94. The van der Waals surface area contributed by atoms with Gasteiger partial charge in [-0.15, -0.1) is 0 Å². The minimum atomic E-state index is -0.204. The standard InChI is InChI=1S/C14H19BrN2O3/c1-2-17-5-6-20-11(9-17)8-16-14(19)10-3-4-12(15)13(18)7-10/h3-4,7,11,18H,2,5-6,8-9H2,1H3,(H,16,19). The number of carbonyl (C=O) groups is 1. The summed E-state index contributed by atoms with van der Waals surface area (Å²) in [5.74, 6) is -0.145. The third-order valence-corrected chi connectivity index (χ3v) is 4.04. The zero-order valence-corrected chi connectivity index (χ0v) is 13.0. The van der Waals surface area contributed by atoms with Crippen LogP contribution in [-0.2, 0) is 4.74 Å². The van der Waals surface area contributed by atoms with Crippen molar-refractivity contribution in [1.82, 2.24) is 10.2 Å². The number of likely N-dealkylation sites (N-methyl/N-ethyl adjacent to an activating group) is 1. The minimum Gasteiger partial charge on any atom is -0.507 e. The molecule has 0 spiro atoms. The van der Waals surface area contributed by atoms with Crippen LogP contribution in [0.2, 0.25) is 0 Å². The third-order valence-electron chi connectivity index (χ3n) is 3.37. The van der Waals surface area contributed by atoms with E-state index in [0.717, 1.165) is 19.6 Å². The van der Waals surface area contributed by atoms with Gasteiger partial charge in [0.1, 0.15) is 5.75 Å². The maximum atomic E-state index is 12.0. The van der Waals surface area contributed by atoms with E-state index >= 15 is 0 Å². The number of ether oxygens (including phenoxy) is 1. The number of nitrogens with one attached hydrogen (secondary N) is 1. The number of carbonyl (C=O) groups excluding carboxylic acids is 1. The normalized spacial score (nSPS) is 19.8. The summed E-state index contributed by atoms with van der Waals surface area (Å²) in [5, 5.41) is 12.4. The summed E-state index contributed by atoms with van der Waals surface area (Å²) >= 11 is 3.19. The van der Waals surface area contributed by atoms with E-state index < -0.39 is 0 Å². The zero-order valence-electron chi connectivity index (χ0n) is 11.4. The number of amides is 1. The number of nitrogens with zero attached hydrogens (tertiary/aromatic N) is 1. The number of aromatic hydroxyl groups is 1. The highest BCUT2D eigenvalue weighted by atomic mass is 79.9. The molecule has 1 aromatic carbocycles. The Morgan fingerprint density at radius 2 is 2.40 bits per heavy atom. The molecular weight excluding hydrogens is 324 g/mol. The first-order valence-corrected chi connectivity index (χ1v) is 7.50. The first-order valence-electron chi connectivity index (χ1n) is 6.70. The zero-order chi connectivity index (χ0) is 14.5. The molecule has 2 rings (SSSR count). The van der Waals surface area contributed by atoms with E-state index in [1.807, 2.05) is 0 Å². The van der Waals surface area contributed by atoms with Crippen LogP contribution < -0.4 is 5.32 Å². The van der Waals surface area contributed by atoms with Crippen molar-refractivity contribution >= 4 is 21.8 Å². The lowest BCUT2D eigenvalue weighted by Gasteiger charge is -2.32. The van der Waals surface area contributed by atoms with E-state index in [4.69, 9.17) is 4.74 Å². The van der Waals surface area contributed by atoms with E-state index in [0.29, 0.717) is 23.2 Å². The number of hydrogen-bond donors (Lipinski definition) is 2. The number of benzene rings is 1. The molecule has 0 bridgehead atoms. The van der Waals surface area contributed by atoms with Crippen molar-refractivity contribution < 1.29 is 14.6 Å². The molecule has 1 aliphatic heterocycles. The summed E-state index contributed by atoms with van der Waals surface area (Å²) in [4.78, 5) is 14.3. The molecule has 5 nitrogen and oxygen atoms in total. The smallest absolute Gasteiger partial charge is 0.251 e. The second-order valence-electron chi connectivity index (χ2n) is 4.76. The monoisotopic (exact) mass is 342 g/mol.